The number of benzene rings is 7. The highest BCUT2D eigenvalue weighted by Crippen LogP contribution is 2.60. The molecule has 5 aliphatic rings. The van der Waals surface area contributed by atoms with Crippen LogP contribution in [0.5, 0.6) is 0 Å². The van der Waals surface area contributed by atoms with Crippen molar-refractivity contribution in [1.82, 2.24) is 15.0 Å². The van der Waals surface area contributed by atoms with Crippen LogP contribution in [0.2, 0.25) is 0 Å². The number of fused-ring (bicyclic) bond motifs is 10. The molecule has 4 bridgehead atoms. The van der Waals surface area contributed by atoms with Crippen molar-refractivity contribution < 1.29 is 4.42 Å². The quantitative estimate of drug-likeness (QED) is 0.178. The Bertz CT molecular complexity index is 3360. The summed E-state index contributed by atoms with van der Waals surface area (Å²) in [7, 11) is 0. The van der Waals surface area contributed by atoms with Gasteiger partial charge in [0.15, 0.2) is 11.6 Å². The van der Waals surface area contributed by atoms with Crippen LogP contribution in [-0.4, -0.2) is 15.0 Å². The minimum absolute atomic E-state index is 0.00289. The monoisotopic (exact) mass is 801 g/mol. The molecule has 4 fully saturated rings. The van der Waals surface area contributed by atoms with Crippen LogP contribution < -0.4 is 0 Å². The molecule has 0 radical (unpaired) electrons. The fraction of sp³-hybridized carbons (Fsp3) is 0.224. The highest BCUT2D eigenvalue weighted by Gasteiger charge is 2.53. The molecule has 0 amide bonds. The zero-order valence-electron chi connectivity index (χ0n) is 35.2. The normalized spacial score (nSPS) is 21.7. The number of hydrogen-bond donors (Lipinski definition) is 0. The second-order valence-electron chi connectivity index (χ2n) is 19.4. The minimum Gasteiger partial charge on any atom is -0.456 e. The number of para-hydroxylation sites is 1. The van der Waals surface area contributed by atoms with Crippen molar-refractivity contribution in [3.8, 4) is 45.0 Å². The van der Waals surface area contributed by atoms with Crippen molar-refractivity contribution in [2.75, 3.05) is 0 Å². The molecule has 0 atom stereocenters. The lowest BCUT2D eigenvalue weighted by Gasteiger charge is -2.56. The summed E-state index contributed by atoms with van der Waals surface area (Å²) in [6, 6.07) is 57.0. The van der Waals surface area contributed by atoms with Crippen LogP contribution in [0.15, 0.2) is 162 Å². The van der Waals surface area contributed by atoms with Gasteiger partial charge in [-0.25, -0.2) is 15.0 Å². The van der Waals surface area contributed by atoms with Gasteiger partial charge in [0.05, 0.1) is 0 Å². The van der Waals surface area contributed by atoms with E-state index in [1.54, 1.807) is 0 Å². The molecule has 0 spiro atoms. The van der Waals surface area contributed by atoms with Crippen molar-refractivity contribution in [3.63, 3.8) is 0 Å². The minimum atomic E-state index is -0.122. The lowest BCUT2D eigenvalue weighted by molar-refractivity contribution is -0.00938. The highest BCUT2D eigenvalue weighted by molar-refractivity contribution is 6.18. The summed E-state index contributed by atoms with van der Waals surface area (Å²) in [5.41, 5.74) is 11.1. The summed E-state index contributed by atoms with van der Waals surface area (Å²) in [6.45, 7) is 4.70. The molecule has 0 aliphatic heterocycles. The Balaban J connectivity index is 1.03. The smallest absolute Gasteiger partial charge is 0.164 e. The maximum absolute atomic E-state index is 6.91. The van der Waals surface area contributed by atoms with Gasteiger partial charge in [0.2, 0.25) is 0 Å². The molecular formula is C58H47N3O. The first-order chi connectivity index (χ1) is 30.4. The van der Waals surface area contributed by atoms with Gasteiger partial charge in [-0.2, -0.15) is 0 Å². The predicted molar refractivity (Wildman–Crippen MR) is 253 cm³/mol. The van der Waals surface area contributed by atoms with Crippen LogP contribution in [0.25, 0.3) is 88.5 Å². The van der Waals surface area contributed by atoms with Crippen molar-refractivity contribution in [3.05, 3.63) is 175 Å². The standard InChI is InChI=1S/C58H47N3O/c1-57(2)50-21-11-9-18-45(50)46-25-23-39(31-51(46)57)54-59-55(61-56(60-54)58-32-35-27-36(33-58)29-37(28-35)34-58)48-20-8-3-13-40(48)38-24-26-53-49(30-38)44-17-7-5-15-42(44)41-14-4-6-16-43(41)47-19-10-12-22-52(47)62-53/h3-26,30-31,35-37H,27-29,32-34H2,1-2H3/t35-,36+,37?,58?. The molecule has 300 valence electrons. The summed E-state index contributed by atoms with van der Waals surface area (Å²) in [5, 5.41) is 6.79. The van der Waals surface area contributed by atoms with Gasteiger partial charge in [-0.3, -0.25) is 0 Å². The molecule has 9 aromatic rings. The summed E-state index contributed by atoms with van der Waals surface area (Å²) < 4.78 is 6.91. The fourth-order valence-electron chi connectivity index (χ4n) is 12.8. The third-order valence-electron chi connectivity index (χ3n) is 15.3. The van der Waals surface area contributed by atoms with Gasteiger partial charge in [-0.05, 0) is 135 Å². The number of hydrogen-bond acceptors (Lipinski definition) is 4. The van der Waals surface area contributed by atoms with Gasteiger partial charge < -0.3 is 4.42 Å². The van der Waals surface area contributed by atoms with E-state index in [1.807, 2.05) is 0 Å². The third kappa shape index (κ3) is 5.48. The van der Waals surface area contributed by atoms with Gasteiger partial charge >= 0.3 is 0 Å². The zero-order valence-corrected chi connectivity index (χ0v) is 35.2. The van der Waals surface area contributed by atoms with Crippen LogP contribution in [0.3, 0.4) is 0 Å². The van der Waals surface area contributed by atoms with Crippen molar-refractivity contribution in [1.29, 1.82) is 0 Å². The van der Waals surface area contributed by atoms with Crippen LogP contribution >= 0.6 is 0 Å². The van der Waals surface area contributed by atoms with E-state index in [9.17, 15) is 0 Å². The Labute approximate surface area is 362 Å². The average Bonchev–Trinajstić information content (AvgIpc) is 3.56. The summed E-state index contributed by atoms with van der Waals surface area (Å²) >= 11 is 0. The van der Waals surface area contributed by atoms with Crippen LogP contribution in [0.1, 0.15) is 69.3 Å². The topological polar surface area (TPSA) is 51.8 Å². The first-order valence-corrected chi connectivity index (χ1v) is 22.6. The van der Waals surface area contributed by atoms with Crippen molar-refractivity contribution >= 4 is 43.5 Å². The van der Waals surface area contributed by atoms with E-state index in [0.717, 1.165) is 90.2 Å². The number of rotatable bonds is 4. The van der Waals surface area contributed by atoms with E-state index < -0.39 is 0 Å². The van der Waals surface area contributed by atoms with Gasteiger partial charge in [0.25, 0.3) is 0 Å². The lowest BCUT2D eigenvalue weighted by atomic mass is 9.49. The number of aromatic nitrogens is 3. The van der Waals surface area contributed by atoms with Crippen molar-refractivity contribution in [2.24, 2.45) is 17.8 Å². The third-order valence-corrected chi connectivity index (χ3v) is 15.3. The Morgan fingerprint density at radius 1 is 0.419 bits per heavy atom. The Morgan fingerprint density at radius 3 is 1.65 bits per heavy atom. The maximum Gasteiger partial charge on any atom is 0.164 e. The number of nitrogens with zero attached hydrogens (tertiary/aromatic N) is 3. The first-order valence-electron chi connectivity index (χ1n) is 22.6. The Morgan fingerprint density at radius 2 is 0.935 bits per heavy atom. The van der Waals surface area contributed by atoms with Gasteiger partial charge in [0.1, 0.15) is 17.0 Å². The molecule has 2 aromatic heterocycles. The van der Waals surface area contributed by atoms with E-state index in [-0.39, 0.29) is 10.8 Å². The molecule has 2 heterocycles. The van der Waals surface area contributed by atoms with Crippen LogP contribution in [0.4, 0.5) is 0 Å². The second kappa shape index (κ2) is 13.4. The SMILES string of the molecule is CC1(C)c2ccccc2-c2ccc(-c3nc(-c4ccccc4-c4ccc5oc6ccccc6c6ccccc6c6ccccc6c5c4)nc(C45CC6C[C@H](C4)C[C@@H](C6)C5)n3)cc21. The Kier molecular flexibility index (Phi) is 7.80. The molecular weight excluding hydrogens is 755 g/mol. The highest BCUT2D eigenvalue weighted by atomic mass is 16.3. The van der Waals surface area contributed by atoms with E-state index in [2.05, 4.69) is 172 Å². The average molecular weight is 802 g/mol. The van der Waals surface area contributed by atoms with Gasteiger partial charge in [-0.15, -0.1) is 0 Å². The molecule has 7 aromatic carbocycles. The molecule has 14 rings (SSSR count). The molecule has 62 heavy (non-hydrogen) atoms. The van der Waals surface area contributed by atoms with E-state index in [1.165, 1.54) is 71.6 Å². The van der Waals surface area contributed by atoms with Crippen LogP contribution in [-0.2, 0) is 10.8 Å². The molecule has 4 nitrogen and oxygen atoms in total. The fourth-order valence-corrected chi connectivity index (χ4v) is 12.8. The lowest BCUT2D eigenvalue weighted by Crippen LogP contribution is -2.49. The first kappa shape index (κ1) is 36.0. The molecule has 4 saturated carbocycles. The molecule has 4 heteroatoms. The van der Waals surface area contributed by atoms with Gasteiger partial charge in [0, 0.05) is 32.7 Å². The zero-order chi connectivity index (χ0) is 41.2. The summed E-state index contributed by atoms with van der Waals surface area (Å²) in [6.07, 6.45) is 7.67. The maximum atomic E-state index is 6.91. The Hall–Kier alpha value is -6.65. The summed E-state index contributed by atoms with van der Waals surface area (Å²) in [5.74, 6) is 4.85. The van der Waals surface area contributed by atoms with Gasteiger partial charge in [-0.1, -0.05) is 147 Å². The van der Waals surface area contributed by atoms with Crippen LogP contribution in [0, 0.1) is 17.8 Å². The van der Waals surface area contributed by atoms with E-state index >= 15 is 0 Å². The summed E-state index contributed by atoms with van der Waals surface area (Å²) in [4.78, 5) is 16.6. The second-order valence-corrected chi connectivity index (χ2v) is 19.4. The largest absolute Gasteiger partial charge is 0.456 e. The molecule has 0 N–H and O–H groups in total. The van der Waals surface area contributed by atoms with E-state index in [0.29, 0.717) is 0 Å². The molecule has 0 saturated heterocycles. The predicted octanol–water partition coefficient (Wildman–Crippen LogP) is 15.0. The molecule has 0 unspecified atom stereocenters. The van der Waals surface area contributed by atoms with E-state index in [4.69, 9.17) is 19.4 Å². The molecule has 5 aliphatic carbocycles. The van der Waals surface area contributed by atoms with Crippen molar-refractivity contribution in [2.45, 2.75) is 63.2 Å².